The smallest absolute Gasteiger partial charge is 0.338 e. The molecule has 150 valence electrons. The van der Waals surface area contributed by atoms with Gasteiger partial charge in [-0.15, -0.1) is 0 Å². The highest BCUT2D eigenvalue weighted by atomic mass is 16.5. The average Bonchev–Trinajstić information content (AvgIpc) is 3.26. The third-order valence-electron chi connectivity index (χ3n) is 4.50. The van der Waals surface area contributed by atoms with Crippen molar-refractivity contribution in [3.05, 3.63) is 89.6 Å². The molecule has 4 nitrogen and oxygen atoms in total. The van der Waals surface area contributed by atoms with Crippen molar-refractivity contribution >= 4 is 16.9 Å². The minimum absolute atomic E-state index is 0.160. The molecule has 1 heterocycles. The quantitative estimate of drug-likeness (QED) is 0.334. The number of phenolic OH excluding ortho intramolecular Hbond substituents is 1. The van der Waals surface area contributed by atoms with Crippen LogP contribution in [-0.4, -0.2) is 23.2 Å². The zero-order valence-electron chi connectivity index (χ0n) is 17.2. The predicted octanol–water partition coefficient (Wildman–Crippen LogP) is 5.75. The summed E-state index contributed by atoms with van der Waals surface area (Å²) in [6, 6.07) is 20.1. The van der Waals surface area contributed by atoms with E-state index in [4.69, 9.17) is 4.74 Å². The van der Waals surface area contributed by atoms with Gasteiger partial charge < -0.3 is 14.8 Å². The highest BCUT2D eigenvalue weighted by Crippen LogP contribution is 2.30. The van der Waals surface area contributed by atoms with E-state index in [9.17, 15) is 9.90 Å². The second-order valence-electron chi connectivity index (χ2n) is 6.30. The van der Waals surface area contributed by atoms with Crippen LogP contribution in [0.3, 0.4) is 0 Å². The molecule has 4 aromatic rings. The van der Waals surface area contributed by atoms with E-state index in [-0.39, 0.29) is 5.75 Å². The lowest BCUT2D eigenvalue weighted by Crippen LogP contribution is -2.05. The summed E-state index contributed by atoms with van der Waals surface area (Å²) >= 11 is 0. The number of fused-ring (bicyclic) bond motifs is 1. The molecule has 0 saturated carbocycles. The number of aromatic hydroxyl groups is 1. The van der Waals surface area contributed by atoms with E-state index in [0.29, 0.717) is 16.7 Å². The Morgan fingerprint density at radius 1 is 0.967 bits per heavy atom. The molecule has 0 aliphatic heterocycles. The molecule has 0 aliphatic carbocycles. The minimum Gasteiger partial charge on any atom is -0.508 e. The first-order valence-corrected chi connectivity index (χ1v) is 9.75. The van der Waals surface area contributed by atoms with E-state index in [1.165, 1.54) is 7.11 Å². The number of carbonyl (C=O) groups excluding carboxylic acids is 1. The van der Waals surface area contributed by atoms with E-state index in [1.807, 2.05) is 56.4 Å². The highest BCUT2D eigenvalue weighted by Gasteiger charge is 2.16. The second kappa shape index (κ2) is 9.49. The molecule has 3 aromatic carbocycles. The second-order valence-corrected chi connectivity index (χ2v) is 6.30. The predicted molar refractivity (Wildman–Crippen MR) is 121 cm³/mol. The van der Waals surface area contributed by atoms with E-state index in [2.05, 4.69) is 16.8 Å². The fraction of sp³-hybridized carbons (Fsp3) is 0.115. The number of ether oxygens (including phenoxy) is 1. The van der Waals surface area contributed by atoms with Gasteiger partial charge in [-0.05, 0) is 53.4 Å². The van der Waals surface area contributed by atoms with Crippen molar-refractivity contribution in [3.63, 3.8) is 0 Å². The normalized spacial score (nSPS) is 9.83. The number of aromatic amines is 1. The fourth-order valence-electron chi connectivity index (χ4n) is 3.17. The van der Waals surface area contributed by atoms with Gasteiger partial charge in [-0.3, -0.25) is 0 Å². The molecule has 0 saturated heterocycles. The van der Waals surface area contributed by atoms with Crippen LogP contribution in [0, 0.1) is 11.8 Å². The lowest BCUT2D eigenvalue weighted by molar-refractivity contribution is 0.0601. The first-order chi connectivity index (χ1) is 14.7. The van der Waals surface area contributed by atoms with Crippen molar-refractivity contribution in [2.75, 3.05) is 7.11 Å². The van der Waals surface area contributed by atoms with Crippen LogP contribution in [0.25, 0.3) is 22.0 Å². The maximum Gasteiger partial charge on any atom is 0.338 e. The van der Waals surface area contributed by atoms with Gasteiger partial charge in [0.15, 0.2) is 0 Å². The molecule has 2 N–H and O–H groups in total. The summed E-state index contributed by atoms with van der Waals surface area (Å²) in [4.78, 5) is 15.6. The Morgan fingerprint density at radius 2 is 1.77 bits per heavy atom. The molecule has 0 bridgehead atoms. The Morgan fingerprint density at radius 3 is 2.53 bits per heavy atom. The van der Waals surface area contributed by atoms with Crippen LogP contribution >= 0.6 is 0 Å². The Labute approximate surface area is 176 Å². The Hall–Kier alpha value is -3.97. The first kappa shape index (κ1) is 20.8. The monoisotopic (exact) mass is 397 g/mol. The van der Waals surface area contributed by atoms with Crippen molar-refractivity contribution in [3.8, 4) is 28.7 Å². The first-order valence-electron chi connectivity index (χ1n) is 9.75. The minimum atomic E-state index is -0.414. The van der Waals surface area contributed by atoms with Crippen molar-refractivity contribution in [1.82, 2.24) is 4.98 Å². The lowest BCUT2D eigenvalue weighted by Gasteiger charge is -2.11. The lowest BCUT2D eigenvalue weighted by atomic mass is 9.93. The number of hydrogen-bond acceptors (Lipinski definition) is 3. The molecule has 4 heteroatoms. The number of rotatable bonds is 2. The summed E-state index contributed by atoms with van der Waals surface area (Å²) in [5, 5.41) is 10.7. The van der Waals surface area contributed by atoms with Gasteiger partial charge in [0.2, 0.25) is 0 Å². The molecule has 0 spiro atoms. The summed E-state index contributed by atoms with van der Waals surface area (Å²) in [6.07, 6.45) is 1.88. The van der Waals surface area contributed by atoms with Gasteiger partial charge in [0.1, 0.15) is 5.75 Å². The third-order valence-corrected chi connectivity index (χ3v) is 4.50. The van der Waals surface area contributed by atoms with Crippen LogP contribution < -0.4 is 0 Å². The van der Waals surface area contributed by atoms with Gasteiger partial charge in [0, 0.05) is 28.4 Å². The highest BCUT2D eigenvalue weighted by molar-refractivity contribution is 6.00. The van der Waals surface area contributed by atoms with Gasteiger partial charge in [-0.25, -0.2) is 4.79 Å². The Kier molecular flexibility index (Phi) is 6.56. The number of methoxy groups -OCH3 is 1. The average molecular weight is 397 g/mol. The molecule has 0 atom stereocenters. The van der Waals surface area contributed by atoms with Crippen LogP contribution in [0.1, 0.15) is 35.3 Å². The number of hydrogen-bond donors (Lipinski definition) is 2. The van der Waals surface area contributed by atoms with Gasteiger partial charge in [-0.1, -0.05) is 50.0 Å². The van der Waals surface area contributed by atoms with Crippen molar-refractivity contribution in [1.29, 1.82) is 0 Å². The van der Waals surface area contributed by atoms with E-state index in [0.717, 1.165) is 22.0 Å². The van der Waals surface area contributed by atoms with Crippen LogP contribution in [0.2, 0.25) is 0 Å². The number of carbonyl (C=O) groups is 1. The van der Waals surface area contributed by atoms with E-state index in [1.54, 1.807) is 30.3 Å². The molecule has 1 aromatic heterocycles. The van der Waals surface area contributed by atoms with Gasteiger partial charge in [0.25, 0.3) is 0 Å². The van der Waals surface area contributed by atoms with Crippen molar-refractivity contribution < 1.29 is 14.6 Å². The largest absolute Gasteiger partial charge is 0.508 e. The standard InChI is InChI=1S/C24H17NO3.C2H6/c1-28-24(27)21-7-3-5-18(9-8-16-4-2-6-20(26)14-16)23(21)19-11-10-17-12-13-25-22(17)15-19;1-2/h2-7,10-15,25-26H,1H3;1-2H3. The van der Waals surface area contributed by atoms with Crippen molar-refractivity contribution in [2.24, 2.45) is 0 Å². The Balaban J connectivity index is 0.00000124. The summed E-state index contributed by atoms with van der Waals surface area (Å²) in [5.74, 6) is 5.94. The number of benzene rings is 3. The summed E-state index contributed by atoms with van der Waals surface area (Å²) in [7, 11) is 1.37. The molecule has 0 fully saturated rings. The summed E-state index contributed by atoms with van der Waals surface area (Å²) in [6.45, 7) is 4.00. The van der Waals surface area contributed by atoms with Crippen LogP contribution in [0.15, 0.2) is 72.9 Å². The van der Waals surface area contributed by atoms with Gasteiger partial charge in [-0.2, -0.15) is 0 Å². The maximum absolute atomic E-state index is 12.4. The summed E-state index contributed by atoms with van der Waals surface area (Å²) < 4.78 is 4.98. The number of aromatic nitrogens is 1. The number of esters is 1. The number of phenols is 1. The van der Waals surface area contributed by atoms with Crippen LogP contribution in [0.4, 0.5) is 0 Å². The molecule has 0 amide bonds. The SMILES string of the molecule is CC.COC(=O)c1cccc(C#Cc2cccc(O)c2)c1-c1ccc2cc[nH]c2c1. The van der Waals surface area contributed by atoms with E-state index >= 15 is 0 Å². The van der Waals surface area contributed by atoms with Crippen LogP contribution in [-0.2, 0) is 4.74 Å². The molecule has 0 aliphatic rings. The zero-order chi connectivity index (χ0) is 21.5. The Bertz CT molecular complexity index is 1240. The molecule has 0 unspecified atom stereocenters. The molecule has 4 rings (SSSR count). The fourth-order valence-corrected chi connectivity index (χ4v) is 3.17. The summed E-state index contributed by atoms with van der Waals surface area (Å²) in [5.41, 5.74) is 4.42. The zero-order valence-corrected chi connectivity index (χ0v) is 17.2. The van der Waals surface area contributed by atoms with Gasteiger partial charge in [0.05, 0.1) is 12.7 Å². The number of nitrogens with one attached hydrogen (secondary N) is 1. The third kappa shape index (κ3) is 4.37. The topological polar surface area (TPSA) is 62.3 Å². The van der Waals surface area contributed by atoms with E-state index < -0.39 is 5.97 Å². The molecule has 0 radical (unpaired) electrons. The molecular formula is C26H23NO3. The van der Waals surface area contributed by atoms with Crippen LogP contribution in [0.5, 0.6) is 5.75 Å². The maximum atomic E-state index is 12.4. The van der Waals surface area contributed by atoms with Gasteiger partial charge >= 0.3 is 5.97 Å². The van der Waals surface area contributed by atoms with Crippen molar-refractivity contribution in [2.45, 2.75) is 13.8 Å². The number of H-pyrrole nitrogens is 1. The molecular weight excluding hydrogens is 374 g/mol. The molecule has 30 heavy (non-hydrogen) atoms.